The average molecular weight is 222 g/mol. The maximum Gasteiger partial charge on any atom is 0.112 e. The second kappa shape index (κ2) is 4.70. The van der Waals surface area contributed by atoms with Crippen LogP contribution in [0, 0.1) is 11.3 Å². The molecule has 4 nitrogen and oxygen atoms in total. The Balaban J connectivity index is 2.10. The van der Waals surface area contributed by atoms with Gasteiger partial charge in [-0.3, -0.25) is 4.90 Å². The first-order chi connectivity index (χ1) is 7.68. The van der Waals surface area contributed by atoms with Crippen LogP contribution in [0.15, 0.2) is 0 Å². The number of likely N-dealkylation sites (tertiary alicyclic amines) is 1. The van der Waals surface area contributed by atoms with Crippen molar-refractivity contribution in [1.82, 2.24) is 15.1 Å². The molecule has 2 aliphatic rings. The lowest BCUT2D eigenvalue weighted by Gasteiger charge is -2.47. The fourth-order valence-electron chi connectivity index (χ4n) is 2.88. The number of nitriles is 1. The first kappa shape index (κ1) is 11.8. The van der Waals surface area contributed by atoms with Gasteiger partial charge in [-0.25, -0.2) is 0 Å². The quantitative estimate of drug-likeness (QED) is 0.691. The third-order valence-electron chi connectivity index (χ3n) is 4.19. The summed E-state index contributed by atoms with van der Waals surface area (Å²) in [5, 5.41) is 12.9. The highest BCUT2D eigenvalue weighted by Gasteiger charge is 2.42. The van der Waals surface area contributed by atoms with Crippen molar-refractivity contribution < 1.29 is 0 Å². The van der Waals surface area contributed by atoms with Crippen molar-refractivity contribution in [2.45, 2.75) is 31.3 Å². The molecule has 0 saturated carbocycles. The van der Waals surface area contributed by atoms with E-state index in [0.29, 0.717) is 6.04 Å². The molecule has 0 amide bonds. The monoisotopic (exact) mass is 222 g/mol. The Morgan fingerprint density at radius 3 is 2.56 bits per heavy atom. The van der Waals surface area contributed by atoms with Crippen molar-refractivity contribution in [3.05, 3.63) is 0 Å². The van der Waals surface area contributed by atoms with Gasteiger partial charge in [0.25, 0.3) is 0 Å². The molecule has 0 aliphatic carbocycles. The lowest BCUT2D eigenvalue weighted by molar-refractivity contribution is 0.0350. The van der Waals surface area contributed by atoms with Crippen molar-refractivity contribution in [3.63, 3.8) is 0 Å². The molecule has 2 heterocycles. The molecule has 4 heteroatoms. The topological polar surface area (TPSA) is 42.3 Å². The molecule has 0 aromatic heterocycles. The normalized spacial score (nSPS) is 38.2. The summed E-state index contributed by atoms with van der Waals surface area (Å²) in [7, 11) is 2.16. The van der Waals surface area contributed by atoms with Crippen LogP contribution in [0.3, 0.4) is 0 Å². The number of hydrogen-bond acceptors (Lipinski definition) is 4. The van der Waals surface area contributed by atoms with E-state index in [1.54, 1.807) is 0 Å². The summed E-state index contributed by atoms with van der Waals surface area (Å²) in [6.07, 6.45) is 1.98. The Kier molecular flexibility index (Phi) is 3.48. The Morgan fingerprint density at radius 1 is 1.31 bits per heavy atom. The molecule has 0 spiro atoms. The van der Waals surface area contributed by atoms with Gasteiger partial charge in [-0.15, -0.1) is 0 Å². The van der Waals surface area contributed by atoms with E-state index in [4.69, 9.17) is 0 Å². The maximum atomic E-state index is 9.57. The van der Waals surface area contributed by atoms with E-state index in [-0.39, 0.29) is 5.54 Å². The standard InChI is InChI=1S/C12H22N4/c1-11-9-12(10-13,3-6-15(11)2)16-7-4-14-5-8-16/h11,14H,3-9H2,1-2H3. The van der Waals surface area contributed by atoms with Crippen LogP contribution < -0.4 is 5.32 Å². The highest BCUT2D eigenvalue weighted by Crippen LogP contribution is 2.31. The zero-order chi connectivity index (χ0) is 11.6. The predicted molar refractivity (Wildman–Crippen MR) is 64.1 cm³/mol. The van der Waals surface area contributed by atoms with Crippen LogP contribution in [-0.4, -0.2) is 61.2 Å². The Labute approximate surface area is 98.2 Å². The van der Waals surface area contributed by atoms with E-state index in [0.717, 1.165) is 45.6 Å². The highest BCUT2D eigenvalue weighted by atomic mass is 15.3. The SMILES string of the molecule is CC1CC(C#N)(N2CCNCC2)CCN1C. The third-order valence-corrected chi connectivity index (χ3v) is 4.19. The Bertz CT molecular complexity index is 279. The highest BCUT2D eigenvalue weighted by molar-refractivity contribution is 5.12. The molecule has 2 atom stereocenters. The van der Waals surface area contributed by atoms with Gasteiger partial charge in [0, 0.05) is 38.8 Å². The van der Waals surface area contributed by atoms with Gasteiger partial charge in [-0.1, -0.05) is 0 Å². The second-order valence-electron chi connectivity index (χ2n) is 5.16. The van der Waals surface area contributed by atoms with Crippen molar-refractivity contribution in [3.8, 4) is 6.07 Å². The largest absolute Gasteiger partial charge is 0.314 e. The van der Waals surface area contributed by atoms with Gasteiger partial charge in [0.15, 0.2) is 0 Å². The molecule has 2 unspecified atom stereocenters. The molecule has 0 aromatic carbocycles. The lowest BCUT2D eigenvalue weighted by atomic mass is 9.83. The minimum Gasteiger partial charge on any atom is -0.314 e. The van der Waals surface area contributed by atoms with E-state index in [2.05, 4.69) is 35.2 Å². The Morgan fingerprint density at radius 2 is 2.00 bits per heavy atom. The summed E-state index contributed by atoms with van der Waals surface area (Å²) in [5.41, 5.74) is -0.200. The zero-order valence-electron chi connectivity index (χ0n) is 10.4. The van der Waals surface area contributed by atoms with Gasteiger partial charge >= 0.3 is 0 Å². The van der Waals surface area contributed by atoms with E-state index in [9.17, 15) is 5.26 Å². The van der Waals surface area contributed by atoms with E-state index in [1.165, 1.54) is 0 Å². The molecule has 90 valence electrons. The summed E-state index contributed by atoms with van der Waals surface area (Å²) in [6.45, 7) is 7.35. The molecular formula is C12H22N4. The summed E-state index contributed by atoms with van der Waals surface area (Å²) in [5.74, 6) is 0. The first-order valence-electron chi connectivity index (χ1n) is 6.25. The van der Waals surface area contributed by atoms with Gasteiger partial charge < -0.3 is 10.2 Å². The number of rotatable bonds is 1. The molecule has 0 radical (unpaired) electrons. The van der Waals surface area contributed by atoms with Crippen LogP contribution in [0.25, 0.3) is 0 Å². The fraction of sp³-hybridized carbons (Fsp3) is 0.917. The predicted octanol–water partition coefficient (Wildman–Crippen LogP) is 0.268. The minimum absolute atomic E-state index is 0.200. The van der Waals surface area contributed by atoms with Crippen molar-refractivity contribution >= 4 is 0 Å². The molecule has 1 N–H and O–H groups in total. The van der Waals surface area contributed by atoms with Crippen LogP contribution in [-0.2, 0) is 0 Å². The van der Waals surface area contributed by atoms with Gasteiger partial charge in [-0.2, -0.15) is 5.26 Å². The smallest absolute Gasteiger partial charge is 0.112 e. The average Bonchev–Trinajstić information content (AvgIpc) is 2.34. The number of nitrogens with one attached hydrogen (secondary N) is 1. The molecule has 2 saturated heterocycles. The molecule has 2 aliphatic heterocycles. The summed E-state index contributed by atoms with van der Waals surface area (Å²) < 4.78 is 0. The molecule has 2 fully saturated rings. The number of piperidine rings is 1. The number of hydrogen-bond donors (Lipinski definition) is 1. The lowest BCUT2D eigenvalue weighted by Crippen LogP contribution is -2.60. The molecule has 0 aromatic rings. The second-order valence-corrected chi connectivity index (χ2v) is 5.16. The summed E-state index contributed by atoms with van der Waals surface area (Å²) in [4.78, 5) is 4.75. The van der Waals surface area contributed by atoms with Crippen LogP contribution in [0.1, 0.15) is 19.8 Å². The van der Waals surface area contributed by atoms with Gasteiger partial charge in [0.2, 0.25) is 0 Å². The summed E-state index contributed by atoms with van der Waals surface area (Å²) in [6, 6.07) is 3.13. The van der Waals surface area contributed by atoms with Gasteiger partial charge in [0.05, 0.1) is 6.07 Å². The summed E-state index contributed by atoms with van der Waals surface area (Å²) >= 11 is 0. The molecule has 2 rings (SSSR count). The van der Waals surface area contributed by atoms with E-state index < -0.39 is 0 Å². The van der Waals surface area contributed by atoms with Crippen molar-refractivity contribution in [1.29, 1.82) is 5.26 Å². The van der Waals surface area contributed by atoms with Crippen LogP contribution in [0.2, 0.25) is 0 Å². The van der Waals surface area contributed by atoms with Crippen LogP contribution in [0.4, 0.5) is 0 Å². The zero-order valence-corrected chi connectivity index (χ0v) is 10.4. The van der Waals surface area contributed by atoms with Crippen molar-refractivity contribution in [2.24, 2.45) is 0 Å². The van der Waals surface area contributed by atoms with Gasteiger partial charge in [0.1, 0.15) is 5.54 Å². The minimum atomic E-state index is -0.200. The third kappa shape index (κ3) is 2.08. The molecular weight excluding hydrogens is 200 g/mol. The molecule has 0 bridgehead atoms. The number of nitrogens with zero attached hydrogens (tertiary/aromatic N) is 3. The number of piperazine rings is 1. The van der Waals surface area contributed by atoms with Crippen LogP contribution >= 0.6 is 0 Å². The van der Waals surface area contributed by atoms with Crippen LogP contribution in [0.5, 0.6) is 0 Å². The fourth-order valence-corrected chi connectivity index (χ4v) is 2.88. The maximum absolute atomic E-state index is 9.57. The molecule has 16 heavy (non-hydrogen) atoms. The Hall–Kier alpha value is -0.630. The van der Waals surface area contributed by atoms with E-state index in [1.807, 2.05) is 0 Å². The van der Waals surface area contributed by atoms with E-state index >= 15 is 0 Å². The van der Waals surface area contributed by atoms with Gasteiger partial charge in [-0.05, 0) is 26.8 Å². The first-order valence-corrected chi connectivity index (χ1v) is 6.25. The van der Waals surface area contributed by atoms with Crippen molar-refractivity contribution in [2.75, 3.05) is 39.8 Å².